The summed E-state index contributed by atoms with van der Waals surface area (Å²) in [6.45, 7) is 2.76. The van der Waals surface area contributed by atoms with Crippen LogP contribution in [0.25, 0.3) is 0 Å². The Morgan fingerprint density at radius 2 is 1.08 bits per heavy atom. The summed E-state index contributed by atoms with van der Waals surface area (Å²) >= 11 is 0. The van der Waals surface area contributed by atoms with E-state index in [0.717, 1.165) is 35.8 Å². The molecule has 25 heavy (non-hydrogen) atoms. The van der Waals surface area contributed by atoms with Gasteiger partial charge in [-0.1, -0.05) is 24.3 Å². The molecule has 0 saturated heterocycles. The lowest BCUT2D eigenvalue weighted by Crippen LogP contribution is -2.17. The molecule has 0 aromatic heterocycles. The molecule has 1 aliphatic rings. The Balaban J connectivity index is 1.37. The third-order valence-electron chi connectivity index (χ3n) is 4.63. The van der Waals surface area contributed by atoms with Crippen molar-refractivity contribution in [3.05, 3.63) is 59.7 Å². The van der Waals surface area contributed by atoms with Gasteiger partial charge in [-0.3, -0.25) is 0 Å². The quantitative estimate of drug-likeness (QED) is 0.648. The maximum Gasteiger partial charge on any atom is 0.118 e. The van der Waals surface area contributed by atoms with E-state index in [4.69, 9.17) is 18.9 Å². The van der Waals surface area contributed by atoms with Gasteiger partial charge in [0.15, 0.2) is 0 Å². The third-order valence-corrected chi connectivity index (χ3v) is 4.63. The molecule has 2 aromatic carbocycles. The SMILES string of the molecule is COc1ccc(COCC2(COCc3ccc(OC)cc3)CC2)cc1. The lowest BCUT2D eigenvalue weighted by Gasteiger charge is -2.16. The molecule has 0 aliphatic heterocycles. The van der Waals surface area contributed by atoms with Crippen molar-refractivity contribution in [1.82, 2.24) is 0 Å². The highest BCUT2D eigenvalue weighted by Crippen LogP contribution is 2.46. The first kappa shape index (κ1) is 17.8. The maximum atomic E-state index is 5.92. The van der Waals surface area contributed by atoms with Crippen molar-refractivity contribution in [3.8, 4) is 11.5 Å². The zero-order valence-electron chi connectivity index (χ0n) is 15.0. The first-order valence-corrected chi connectivity index (χ1v) is 8.64. The van der Waals surface area contributed by atoms with Crippen LogP contribution in [0.15, 0.2) is 48.5 Å². The van der Waals surface area contributed by atoms with Crippen LogP contribution in [0.3, 0.4) is 0 Å². The molecule has 0 atom stereocenters. The van der Waals surface area contributed by atoms with E-state index in [1.54, 1.807) is 14.2 Å². The zero-order valence-corrected chi connectivity index (χ0v) is 15.0. The van der Waals surface area contributed by atoms with Gasteiger partial charge in [0.2, 0.25) is 0 Å². The Morgan fingerprint density at radius 3 is 1.40 bits per heavy atom. The van der Waals surface area contributed by atoms with E-state index in [-0.39, 0.29) is 5.41 Å². The van der Waals surface area contributed by atoms with E-state index in [1.165, 1.54) is 12.8 Å². The molecular weight excluding hydrogens is 316 g/mol. The highest BCUT2D eigenvalue weighted by Gasteiger charge is 2.43. The molecule has 1 aliphatic carbocycles. The molecule has 2 aromatic rings. The van der Waals surface area contributed by atoms with Crippen molar-refractivity contribution in [3.63, 3.8) is 0 Å². The Kier molecular flexibility index (Phi) is 5.95. The predicted molar refractivity (Wildman–Crippen MR) is 97.0 cm³/mol. The summed E-state index contributed by atoms with van der Waals surface area (Å²) in [6.07, 6.45) is 2.36. The van der Waals surface area contributed by atoms with E-state index >= 15 is 0 Å². The molecule has 3 rings (SSSR count). The molecule has 0 bridgehead atoms. The van der Waals surface area contributed by atoms with Crippen molar-refractivity contribution in [2.45, 2.75) is 26.1 Å². The number of hydrogen-bond acceptors (Lipinski definition) is 4. The molecule has 134 valence electrons. The smallest absolute Gasteiger partial charge is 0.118 e. The lowest BCUT2D eigenvalue weighted by molar-refractivity contribution is 0.0155. The molecule has 4 heteroatoms. The fourth-order valence-electron chi connectivity index (χ4n) is 2.72. The van der Waals surface area contributed by atoms with Crippen molar-refractivity contribution in [2.75, 3.05) is 27.4 Å². The molecular formula is C21H26O4. The summed E-state index contributed by atoms with van der Waals surface area (Å²) in [5.41, 5.74) is 2.53. The number of ether oxygens (including phenoxy) is 4. The molecule has 1 saturated carbocycles. The van der Waals surface area contributed by atoms with Gasteiger partial charge < -0.3 is 18.9 Å². The minimum absolute atomic E-state index is 0.207. The van der Waals surface area contributed by atoms with Crippen LogP contribution in [0.5, 0.6) is 11.5 Å². The minimum atomic E-state index is 0.207. The molecule has 0 unspecified atom stereocenters. The maximum absolute atomic E-state index is 5.92. The van der Waals surface area contributed by atoms with Crippen LogP contribution in [0.2, 0.25) is 0 Å². The molecule has 1 fully saturated rings. The zero-order chi connectivity index (χ0) is 17.5. The van der Waals surface area contributed by atoms with Crippen LogP contribution in [0, 0.1) is 5.41 Å². The summed E-state index contributed by atoms with van der Waals surface area (Å²) in [5, 5.41) is 0. The van der Waals surface area contributed by atoms with Crippen LogP contribution in [0.1, 0.15) is 24.0 Å². The van der Waals surface area contributed by atoms with Crippen molar-refractivity contribution in [1.29, 1.82) is 0 Å². The van der Waals surface area contributed by atoms with Crippen LogP contribution in [-0.2, 0) is 22.7 Å². The van der Waals surface area contributed by atoms with Gasteiger partial charge in [-0.15, -0.1) is 0 Å². The highest BCUT2D eigenvalue weighted by atomic mass is 16.5. The second-order valence-electron chi connectivity index (χ2n) is 6.68. The van der Waals surface area contributed by atoms with Crippen LogP contribution in [0.4, 0.5) is 0 Å². The second-order valence-corrected chi connectivity index (χ2v) is 6.68. The summed E-state index contributed by atoms with van der Waals surface area (Å²) in [7, 11) is 3.35. The third kappa shape index (κ3) is 5.21. The Hall–Kier alpha value is -2.04. The fraction of sp³-hybridized carbons (Fsp3) is 0.429. The van der Waals surface area contributed by atoms with Crippen molar-refractivity contribution >= 4 is 0 Å². The van der Waals surface area contributed by atoms with Crippen molar-refractivity contribution in [2.24, 2.45) is 5.41 Å². The fourth-order valence-corrected chi connectivity index (χ4v) is 2.72. The lowest BCUT2D eigenvalue weighted by atomic mass is 10.1. The number of methoxy groups -OCH3 is 2. The number of rotatable bonds is 10. The highest BCUT2D eigenvalue weighted by molar-refractivity contribution is 5.27. The normalized spacial score (nSPS) is 15.0. The minimum Gasteiger partial charge on any atom is -0.497 e. The van der Waals surface area contributed by atoms with E-state index in [9.17, 15) is 0 Å². The van der Waals surface area contributed by atoms with Gasteiger partial charge in [-0.25, -0.2) is 0 Å². The largest absolute Gasteiger partial charge is 0.497 e. The standard InChI is InChI=1S/C21H26O4/c1-22-19-7-3-17(4-8-19)13-24-15-21(11-12-21)16-25-14-18-5-9-20(23-2)10-6-18/h3-10H,11-16H2,1-2H3. The second kappa shape index (κ2) is 8.37. The average Bonchev–Trinajstić information content (AvgIpc) is 3.43. The van der Waals surface area contributed by atoms with Crippen LogP contribution < -0.4 is 9.47 Å². The monoisotopic (exact) mass is 342 g/mol. The van der Waals surface area contributed by atoms with Gasteiger partial charge in [0.05, 0.1) is 40.6 Å². The predicted octanol–water partition coefficient (Wildman–Crippen LogP) is 4.22. The first-order valence-electron chi connectivity index (χ1n) is 8.64. The van der Waals surface area contributed by atoms with E-state index in [1.807, 2.05) is 48.5 Å². The summed E-state index contributed by atoms with van der Waals surface area (Å²) in [4.78, 5) is 0. The van der Waals surface area contributed by atoms with Gasteiger partial charge in [-0.05, 0) is 48.2 Å². The van der Waals surface area contributed by atoms with Gasteiger partial charge in [0.25, 0.3) is 0 Å². The van der Waals surface area contributed by atoms with Gasteiger partial charge in [0, 0.05) is 5.41 Å². The molecule has 0 amide bonds. The topological polar surface area (TPSA) is 36.9 Å². The van der Waals surface area contributed by atoms with Crippen LogP contribution in [-0.4, -0.2) is 27.4 Å². The molecule has 0 N–H and O–H groups in total. The molecule has 0 spiro atoms. The van der Waals surface area contributed by atoms with Gasteiger partial charge in [-0.2, -0.15) is 0 Å². The summed E-state index contributed by atoms with van der Waals surface area (Å²) in [5.74, 6) is 1.74. The Bertz CT molecular complexity index is 589. The van der Waals surface area contributed by atoms with Gasteiger partial charge >= 0.3 is 0 Å². The van der Waals surface area contributed by atoms with E-state index < -0.39 is 0 Å². The Morgan fingerprint density at radius 1 is 0.680 bits per heavy atom. The van der Waals surface area contributed by atoms with Crippen molar-refractivity contribution < 1.29 is 18.9 Å². The Labute approximate surface area is 149 Å². The van der Waals surface area contributed by atoms with Gasteiger partial charge in [0.1, 0.15) is 11.5 Å². The van der Waals surface area contributed by atoms with E-state index in [0.29, 0.717) is 13.2 Å². The molecule has 0 radical (unpaired) electrons. The van der Waals surface area contributed by atoms with Crippen LogP contribution >= 0.6 is 0 Å². The first-order chi connectivity index (χ1) is 12.2. The molecule has 0 heterocycles. The summed E-state index contributed by atoms with van der Waals surface area (Å²) < 4.78 is 22.2. The number of benzene rings is 2. The number of hydrogen-bond donors (Lipinski definition) is 0. The molecule has 4 nitrogen and oxygen atoms in total. The van der Waals surface area contributed by atoms with E-state index in [2.05, 4.69) is 0 Å². The average molecular weight is 342 g/mol. The summed E-state index contributed by atoms with van der Waals surface area (Å²) in [6, 6.07) is 16.0.